The van der Waals surface area contributed by atoms with Crippen molar-refractivity contribution in [2.75, 3.05) is 52.6 Å². The fourth-order valence-electron chi connectivity index (χ4n) is 6.02. The number of carbonyl (C=O) groups excluding carboxylic acids is 3. The average Bonchev–Trinajstić information content (AvgIpc) is 3.27. The second-order valence-electron chi connectivity index (χ2n) is 14.4. The number of aliphatic carboxylic acids is 1. The summed E-state index contributed by atoms with van der Waals surface area (Å²) in [6.45, 7) is 1.64. The predicted molar refractivity (Wildman–Crippen MR) is 234 cm³/mol. The molecule has 4 aromatic rings. The summed E-state index contributed by atoms with van der Waals surface area (Å²) >= 11 is 22.2. The topological polar surface area (TPSA) is 182 Å². The van der Waals surface area contributed by atoms with E-state index < -0.39 is 35.8 Å². The minimum atomic E-state index is -1.12. The third-order valence-corrected chi connectivity index (χ3v) is 10.6. The number of nitrogens with two attached hydrogens (primary N) is 1. The highest BCUT2D eigenvalue weighted by Crippen LogP contribution is 2.24. The molecule has 0 unspecified atom stereocenters. The van der Waals surface area contributed by atoms with E-state index >= 15 is 0 Å². The zero-order chi connectivity index (χ0) is 47.5. The number of nitrogens with one attached hydrogen (secondary N) is 2. The van der Waals surface area contributed by atoms with Crippen LogP contribution < -0.4 is 35.5 Å². The molecule has 2 amide bonds. The molecule has 5 N–H and O–H groups in total. The van der Waals surface area contributed by atoms with Crippen molar-refractivity contribution in [3.63, 3.8) is 0 Å². The second kappa shape index (κ2) is 26.8. The van der Waals surface area contributed by atoms with Gasteiger partial charge in [0.2, 0.25) is 0 Å². The highest BCUT2D eigenvalue weighted by molar-refractivity contribution is 6.31. The van der Waals surface area contributed by atoms with Gasteiger partial charge in [-0.3, -0.25) is 25.7 Å². The van der Waals surface area contributed by atoms with Gasteiger partial charge in [-0.15, -0.1) is 0 Å². The Morgan fingerprint density at radius 2 is 0.969 bits per heavy atom. The molecule has 0 aromatic heterocycles. The van der Waals surface area contributed by atoms with Crippen LogP contribution in [0, 0.1) is 29.2 Å². The van der Waals surface area contributed by atoms with Crippen molar-refractivity contribution in [3.05, 3.63) is 116 Å². The summed E-state index contributed by atoms with van der Waals surface area (Å²) in [7, 11) is 0. The largest absolute Gasteiger partial charge is 0.486 e. The van der Waals surface area contributed by atoms with Crippen LogP contribution in [-0.2, 0) is 19.2 Å². The van der Waals surface area contributed by atoms with Crippen molar-refractivity contribution in [1.82, 2.24) is 20.8 Å². The maximum Gasteiger partial charge on any atom is 0.341 e. The van der Waals surface area contributed by atoms with Crippen molar-refractivity contribution in [2.45, 2.75) is 38.1 Å². The number of carboxylic acids is 1. The molecule has 0 bridgehead atoms. The van der Waals surface area contributed by atoms with E-state index in [1.165, 1.54) is 48.5 Å². The summed E-state index contributed by atoms with van der Waals surface area (Å²) in [5.41, 5.74) is 2.74. The molecule has 0 spiro atoms. The van der Waals surface area contributed by atoms with Crippen LogP contribution in [0.5, 0.6) is 23.0 Å². The molecule has 4 aromatic carbocycles. The number of halogens is 8. The molecule has 65 heavy (non-hydrogen) atoms. The maximum atomic E-state index is 13.4. The molecule has 2 aliphatic heterocycles. The summed E-state index contributed by atoms with van der Waals surface area (Å²) in [6, 6.07) is 15.9. The number of benzene rings is 4. The van der Waals surface area contributed by atoms with Gasteiger partial charge in [-0.2, -0.15) is 0 Å². The number of Topliss-reactive ketones (excluding diaryl/α,β-unsaturated/α-hetero) is 1. The van der Waals surface area contributed by atoms with Crippen molar-refractivity contribution in [3.8, 4) is 23.0 Å². The van der Waals surface area contributed by atoms with Gasteiger partial charge in [-0.25, -0.2) is 32.4 Å². The standard InChI is InChI=1S/C22H22Cl2F2N2O4.C13H17ClFN3O2.C8H6ClFO3/c23-18-3-1-16(10-20(18)25)31-12-15(29)9-14-5-7-28(8-6-14)27-22(30)13-32-17-2-4-19(24)21(26)11-17;14-11-2-1-10(7-12(11)15)20-8-13(19)17-9-3-5-18(16)6-4-9;9-6-2-1-5(3-7(6)10)13-4-8(11)12/h1-4,10-11,14H,5-9,12-13H2,(H,27,30);1-2,7,9H,3-6,8,16H2,(H,17,19);1-3H,4H2,(H,11,12). The predicted octanol–water partition coefficient (Wildman–Crippen LogP) is 7.69. The molecule has 14 nitrogen and oxygen atoms in total. The molecule has 2 heterocycles. The Kier molecular flexibility index (Phi) is 21.6. The number of carboxylic acid groups (broad SMARTS) is 1. The van der Waals surface area contributed by atoms with Crippen LogP contribution in [-0.4, -0.2) is 97.3 Å². The molecule has 0 aliphatic carbocycles. The molecule has 0 radical (unpaired) electrons. The summed E-state index contributed by atoms with van der Waals surface area (Å²) in [5, 5.41) is 14.6. The Hall–Kier alpha value is -5.08. The summed E-state index contributed by atoms with van der Waals surface area (Å²) in [5.74, 6) is 2.49. The van der Waals surface area contributed by atoms with Crippen molar-refractivity contribution < 1.29 is 60.8 Å². The Labute approximate surface area is 391 Å². The van der Waals surface area contributed by atoms with E-state index in [1.54, 1.807) is 10.0 Å². The van der Waals surface area contributed by atoms with E-state index in [1.807, 2.05) is 0 Å². The summed E-state index contributed by atoms with van der Waals surface area (Å²) in [6.07, 6.45) is 3.44. The Morgan fingerprint density at radius 3 is 1.37 bits per heavy atom. The number of amides is 2. The number of ether oxygens (including phenoxy) is 4. The lowest BCUT2D eigenvalue weighted by Gasteiger charge is -2.31. The third kappa shape index (κ3) is 19.5. The van der Waals surface area contributed by atoms with E-state index in [2.05, 4.69) is 10.7 Å². The minimum absolute atomic E-state index is 0.00651. The SMILES string of the molecule is NN1CCC(NC(=O)COc2ccc(Cl)c(F)c2)CC1.O=C(COc1ccc(Cl)c(F)c1)CC1CCN(NC(=O)COc2ccc(Cl)c(F)c2)CC1.O=C(O)COc1ccc(Cl)c(F)c1. The molecule has 0 saturated carbocycles. The number of hydrazine groups is 2. The first kappa shape index (κ1) is 52.5. The van der Waals surface area contributed by atoms with Gasteiger partial charge in [0.1, 0.15) is 52.9 Å². The van der Waals surface area contributed by atoms with E-state index in [0.717, 1.165) is 63.0 Å². The number of piperidine rings is 2. The van der Waals surface area contributed by atoms with Crippen LogP contribution in [0.4, 0.5) is 17.6 Å². The first-order chi connectivity index (χ1) is 30.9. The molecule has 2 aliphatic rings. The summed E-state index contributed by atoms with van der Waals surface area (Å²) in [4.78, 5) is 46.0. The first-order valence-corrected chi connectivity index (χ1v) is 21.3. The lowest BCUT2D eigenvalue weighted by Crippen LogP contribution is -2.48. The molecule has 2 saturated heterocycles. The second-order valence-corrected chi connectivity index (χ2v) is 16.1. The number of ketones is 1. The van der Waals surface area contributed by atoms with E-state index in [0.29, 0.717) is 19.5 Å². The quantitative estimate of drug-likeness (QED) is 0.0636. The molecular weight excluding hydrogens is 948 g/mol. The lowest BCUT2D eigenvalue weighted by molar-refractivity contribution is -0.139. The first-order valence-electron chi connectivity index (χ1n) is 19.8. The number of carbonyl (C=O) groups is 4. The fourth-order valence-corrected chi connectivity index (χ4v) is 6.49. The van der Waals surface area contributed by atoms with Crippen molar-refractivity contribution in [1.29, 1.82) is 0 Å². The monoisotopic (exact) mass is 991 g/mol. The van der Waals surface area contributed by atoms with Gasteiger partial charge >= 0.3 is 5.97 Å². The van der Waals surface area contributed by atoms with Crippen LogP contribution >= 0.6 is 46.4 Å². The highest BCUT2D eigenvalue weighted by Gasteiger charge is 2.23. The van der Waals surface area contributed by atoms with Gasteiger partial charge < -0.3 is 29.4 Å². The molecule has 6 rings (SSSR count). The Bertz CT molecular complexity index is 2160. The summed E-state index contributed by atoms with van der Waals surface area (Å²) < 4.78 is 73.3. The molecule has 22 heteroatoms. The zero-order valence-corrected chi connectivity index (χ0v) is 37.5. The van der Waals surface area contributed by atoms with Gasteiger partial charge in [-0.05, 0) is 80.1 Å². The smallest absolute Gasteiger partial charge is 0.341 e. The number of hydrogen-bond acceptors (Lipinski definition) is 11. The van der Waals surface area contributed by atoms with Gasteiger partial charge in [0.25, 0.3) is 11.8 Å². The van der Waals surface area contributed by atoms with Crippen molar-refractivity contribution >= 4 is 70.0 Å². The van der Waals surface area contributed by atoms with Crippen LogP contribution in [0.3, 0.4) is 0 Å². The highest BCUT2D eigenvalue weighted by atomic mass is 35.5. The maximum absolute atomic E-state index is 13.4. The fraction of sp³-hybridized carbons (Fsp3) is 0.349. The van der Waals surface area contributed by atoms with Crippen molar-refractivity contribution in [2.24, 2.45) is 11.8 Å². The van der Waals surface area contributed by atoms with E-state index in [9.17, 15) is 36.7 Å². The normalized spacial score (nSPS) is 14.4. The van der Waals surface area contributed by atoms with Crippen LogP contribution in [0.15, 0.2) is 72.8 Å². The number of rotatable bonds is 16. The molecule has 352 valence electrons. The Morgan fingerprint density at radius 1 is 0.585 bits per heavy atom. The lowest BCUT2D eigenvalue weighted by atomic mass is 9.92. The van der Waals surface area contributed by atoms with Gasteiger partial charge in [0.15, 0.2) is 25.6 Å². The zero-order valence-electron chi connectivity index (χ0n) is 34.5. The van der Waals surface area contributed by atoms with Crippen LogP contribution in [0.1, 0.15) is 32.1 Å². The Balaban J connectivity index is 0.000000238. The van der Waals surface area contributed by atoms with Crippen LogP contribution in [0.2, 0.25) is 20.1 Å². The van der Waals surface area contributed by atoms with Gasteiger partial charge in [0.05, 0.1) is 20.1 Å². The van der Waals surface area contributed by atoms with Crippen LogP contribution in [0.25, 0.3) is 0 Å². The number of nitrogens with zero attached hydrogens (tertiary/aromatic N) is 2. The molecule has 0 atom stereocenters. The molecule has 2 fully saturated rings. The molecular formula is C43H45Cl4F4N5O9. The van der Waals surface area contributed by atoms with Gasteiger partial charge in [-0.1, -0.05) is 46.4 Å². The number of hydrogen-bond donors (Lipinski definition) is 4. The third-order valence-electron chi connectivity index (χ3n) is 9.37. The van der Waals surface area contributed by atoms with E-state index in [4.69, 9.17) is 76.3 Å². The van der Waals surface area contributed by atoms with Gasteiger partial charge in [0, 0.05) is 62.9 Å². The minimum Gasteiger partial charge on any atom is -0.486 e. The van der Waals surface area contributed by atoms with E-state index in [-0.39, 0.29) is 92.5 Å². The average molecular weight is 994 g/mol.